The number of hydrogen-bond acceptors (Lipinski definition) is 4. The number of nitrogens with zero attached hydrogens (tertiary/aromatic N) is 3. The van der Waals surface area contributed by atoms with Crippen LogP contribution in [0.4, 0.5) is 0 Å². The van der Waals surface area contributed by atoms with Crippen molar-refractivity contribution in [1.29, 1.82) is 0 Å². The molecule has 1 aliphatic rings. The van der Waals surface area contributed by atoms with E-state index in [1.165, 1.54) is 11.3 Å². The van der Waals surface area contributed by atoms with E-state index < -0.39 is 6.04 Å². The second kappa shape index (κ2) is 9.42. The molecule has 1 atom stereocenters. The Hall–Kier alpha value is -3.71. The third-order valence-electron chi connectivity index (χ3n) is 5.86. The number of thiophene rings is 1. The normalized spacial score (nSPS) is 15.5. The number of amides is 2. The highest BCUT2D eigenvalue weighted by Crippen LogP contribution is 2.25. The largest absolute Gasteiger partial charge is 0.350 e. The van der Waals surface area contributed by atoms with Gasteiger partial charge in [-0.05, 0) is 36.4 Å². The molecule has 166 valence electrons. The maximum Gasteiger partial charge on any atom is 0.264 e. The molecule has 0 bridgehead atoms. The lowest BCUT2D eigenvalue weighted by Gasteiger charge is -2.23. The lowest BCUT2D eigenvalue weighted by Crippen LogP contribution is -2.45. The monoisotopic (exact) mass is 456 g/mol. The second-order valence-corrected chi connectivity index (χ2v) is 8.95. The summed E-state index contributed by atoms with van der Waals surface area (Å²) in [6.07, 6.45) is 3.47. The van der Waals surface area contributed by atoms with Gasteiger partial charge in [0.25, 0.3) is 5.91 Å². The maximum atomic E-state index is 13.1. The number of likely N-dealkylation sites (tertiary alicyclic amines) is 1. The van der Waals surface area contributed by atoms with Gasteiger partial charge in [0.1, 0.15) is 6.04 Å². The fourth-order valence-electron chi connectivity index (χ4n) is 4.22. The fraction of sp³-hybridized carbons (Fsp3) is 0.192. The van der Waals surface area contributed by atoms with E-state index in [4.69, 9.17) is 5.10 Å². The van der Waals surface area contributed by atoms with Gasteiger partial charge in [0.2, 0.25) is 5.91 Å². The van der Waals surface area contributed by atoms with Crippen molar-refractivity contribution in [2.24, 2.45) is 0 Å². The van der Waals surface area contributed by atoms with Crippen molar-refractivity contribution in [3.63, 3.8) is 0 Å². The third kappa shape index (κ3) is 4.45. The molecule has 6 nitrogen and oxygen atoms in total. The van der Waals surface area contributed by atoms with Crippen LogP contribution in [-0.2, 0) is 11.3 Å². The number of carbonyl (C=O) groups is 2. The minimum atomic E-state index is -0.441. The van der Waals surface area contributed by atoms with Crippen LogP contribution in [0.1, 0.15) is 28.1 Å². The number of nitrogens with one attached hydrogen (secondary N) is 1. The van der Waals surface area contributed by atoms with Gasteiger partial charge in [-0.2, -0.15) is 5.10 Å². The van der Waals surface area contributed by atoms with Gasteiger partial charge in [-0.25, -0.2) is 4.68 Å². The molecule has 0 aliphatic carbocycles. The van der Waals surface area contributed by atoms with E-state index in [0.717, 1.165) is 28.9 Å². The molecule has 2 aromatic carbocycles. The van der Waals surface area contributed by atoms with Crippen molar-refractivity contribution in [2.45, 2.75) is 25.4 Å². The third-order valence-corrected chi connectivity index (χ3v) is 6.72. The summed E-state index contributed by atoms with van der Waals surface area (Å²) in [5.41, 5.74) is 3.70. The average molecular weight is 457 g/mol. The number of aromatic nitrogens is 2. The molecule has 4 aromatic rings. The first-order chi connectivity index (χ1) is 16.2. The summed E-state index contributed by atoms with van der Waals surface area (Å²) in [6, 6.07) is 23.1. The maximum absolute atomic E-state index is 13.1. The van der Waals surface area contributed by atoms with Crippen molar-refractivity contribution in [3.8, 4) is 16.9 Å². The van der Waals surface area contributed by atoms with Crippen LogP contribution < -0.4 is 5.32 Å². The van der Waals surface area contributed by atoms with E-state index in [0.29, 0.717) is 24.4 Å². The zero-order valence-corrected chi connectivity index (χ0v) is 18.9. The number of rotatable bonds is 6. The molecule has 3 heterocycles. The molecule has 2 amide bonds. The SMILES string of the molecule is O=C(NCc1cn(-c2ccccc2)nc1-c1ccccc1)[C@H]1CCCN1C(=O)c1cccs1. The lowest BCUT2D eigenvalue weighted by molar-refractivity contribution is -0.125. The zero-order chi connectivity index (χ0) is 22.6. The Morgan fingerprint density at radius 1 is 1.00 bits per heavy atom. The quantitative estimate of drug-likeness (QED) is 0.464. The molecule has 0 unspecified atom stereocenters. The van der Waals surface area contributed by atoms with Gasteiger partial charge in [-0.1, -0.05) is 54.6 Å². The summed E-state index contributed by atoms with van der Waals surface area (Å²) in [7, 11) is 0. The van der Waals surface area contributed by atoms with Crippen LogP contribution >= 0.6 is 11.3 Å². The Morgan fingerprint density at radius 3 is 2.48 bits per heavy atom. The van der Waals surface area contributed by atoms with Crippen LogP contribution in [0.25, 0.3) is 16.9 Å². The fourth-order valence-corrected chi connectivity index (χ4v) is 4.89. The summed E-state index contributed by atoms with van der Waals surface area (Å²) in [5, 5.41) is 9.75. The summed E-state index contributed by atoms with van der Waals surface area (Å²) < 4.78 is 1.84. The topological polar surface area (TPSA) is 67.2 Å². The smallest absolute Gasteiger partial charge is 0.264 e. The van der Waals surface area contributed by atoms with Gasteiger partial charge in [-0.3, -0.25) is 9.59 Å². The highest BCUT2D eigenvalue weighted by Gasteiger charge is 2.34. The van der Waals surface area contributed by atoms with Crippen LogP contribution in [0.3, 0.4) is 0 Å². The molecule has 7 heteroatoms. The first-order valence-corrected chi connectivity index (χ1v) is 11.9. The van der Waals surface area contributed by atoms with Gasteiger partial charge in [0.15, 0.2) is 0 Å². The highest BCUT2D eigenvalue weighted by molar-refractivity contribution is 7.12. The first kappa shape index (κ1) is 21.2. The predicted octanol–water partition coefficient (Wildman–Crippen LogP) is 4.52. The Bertz CT molecular complexity index is 1240. The van der Waals surface area contributed by atoms with E-state index in [-0.39, 0.29) is 11.8 Å². The number of carbonyl (C=O) groups excluding carboxylic acids is 2. The van der Waals surface area contributed by atoms with Crippen LogP contribution in [0.2, 0.25) is 0 Å². The zero-order valence-electron chi connectivity index (χ0n) is 18.1. The molecule has 0 radical (unpaired) electrons. The average Bonchev–Trinajstić information content (AvgIpc) is 3.64. The minimum Gasteiger partial charge on any atom is -0.350 e. The Balaban J connectivity index is 1.36. The summed E-state index contributed by atoms with van der Waals surface area (Å²) >= 11 is 1.41. The summed E-state index contributed by atoms with van der Waals surface area (Å²) in [6.45, 7) is 0.948. The van der Waals surface area contributed by atoms with Crippen LogP contribution in [0.5, 0.6) is 0 Å². The number of para-hydroxylation sites is 1. The van der Waals surface area contributed by atoms with E-state index in [1.54, 1.807) is 4.90 Å². The van der Waals surface area contributed by atoms with Gasteiger partial charge in [0.05, 0.1) is 16.3 Å². The standard InChI is InChI=1S/C26H24N4O2S/c31-25(22-13-7-15-29(22)26(32)23-14-8-16-33-23)27-17-20-18-30(21-11-5-2-6-12-21)28-24(20)19-9-3-1-4-10-19/h1-6,8-12,14,16,18,22H,7,13,15,17H2,(H,27,31)/t22-/m1/s1. The molecule has 0 saturated carbocycles. The van der Waals surface area contributed by atoms with E-state index in [1.807, 2.05) is 89.1 Å². The summed E-state index contributed by atoms with van der Waals surface area (Å²) in [5.74, 6) is -0.187. The number of benzene rings is 2. The Kier molecular flexibility index (Phi) is 6.04. The molecule has 2 aromatic heterocycles. The van der Waals surface area contributed by atoms with Crippen molar-refractivity contribution >= 4 is 23.2 Å². The van der Waals surface area contributed by atoms with Gasteiger partial charge < -0.3 is 10.2 Å². The van der Waals surface area contributed by atoms with Gasteiger partial charge >= 0.3 is 0 Å². The minimum absolute atomic E-state index is 0.0653. The lowest BCUT2D eigenvalue weighted by atomic mass is 10.1. The summed E-state index contributed by atoms with van der Waals surface area (Å²) in [4.78, 5) is 28.3. The van der Waals surface area contributed by atoms with E-state index in [9.17, 15) is 9.59 Å². The van der Waals surface area contributed by atoms with E-state index in [2.05, 4.69) is 5.32 Å². The van der Waals surface area contributed by atoms with Crippen molar-refractivity contribution < 1.29 is 9.59 Å². The van der Waals surface area contributed by atoms with Gasteiger partial charge in [-0.15, -0.1) is 11.3 Å². The molecule has 1 N–H and O–H groups in total. The Morgan fingerprint density at radius 2 is 1.76 bits per heavy atom. The van der Waals surface area contributed by atoms with Crippen molar-refractivity contribution in [2.75, 3.05) is 6.54 Å². The molecule has 5 rings (SSSR count). The molecule has 0 spiro atoms. The van der Waals surface area contributed by atoms with Crippen LogP contribution in [-0.4, -0.2) is 39.1 Å². The molecule has 1 aliphatic heterocycles. The van der Waals surface area contributed by atoms with Crippen LogP contribution in [0.15, 0.2) is 84.4 Å². The second-order valence-electron chi connectivity index (χ2n) is 8.00. The molecular formula is C26H24N4O2S. The Labute approximate surface area is 196 Å². The van der Waals surface area contributed by atoms with E-state index >= 15 is 0 Å². The van der Waals surface area contributed by atoms with Crippen molar-refractivity contribution in [1.82, 2.24) is 20.0 Å². The molecular weight excluding hydrogens is 432 g/mol. The first-order valence-electron chi connectivity index (χ1n) is 11.0. The van der Waals surface area contributed by atoms with Crippen LogP contribution in [0, 0.1) is 0 Å². The highest BCUT2D eigenvalue weighted by atomic mass is 32.1. The van der Waals surface area contributed by atoms with Gasteiger partial charge in [0, 0.05) is 30.4 Å². The predicted molar refractivity (Wildman–Crippen MR) is 129 cm³/mol. The van der Waals surface area contributed by atoms with Crippen molar-refractivity contribution in [3.05, 3.63) is 94.8 Å². The molecule has 1 saturated heterocycles. The molecule has 1 fully saturated rings. The molecule has 33 heavy (non-hydrogen) atoms. The number of hydrogen-bond donors (Lipinski definition) is 1.